The average molecular weight is 687 g/mol. The number of benzene rings is 4. The van der Waals surface area contributed by atoms with Crippen molar-refractivity contribution in [1.29, 1.82) is 0 Å². The van der Waals surface area contributed by atoms with Gasteiger partial charge in [0.05, 0.1) is 22.6 Å². The fourth-order valence-corrected chi connectivity index (χ4v) is 6.82. The average Bonchev–Trinajstić information content (AvgIpc) is 3.09. The third kappa shape index (κ3) is 9.23. The van der Waals surface area contributed by atoms with Crippen LogP contribution in [0.25, 0.3) is 0 Å². The SMILES string of the molecule is CCCCNC(=O)[C@@H](Cc1ccccc1)N(Cc1ccccc1C)C(=O)CN(c1ccc(OC)cc1)S(=O)(=O)c1ccc(C)c([N+](=O)[O-])c1. The molecule has 4 rings (SSSR count). The molecule has 0 aromatic heterocycles. The summed E-state index contributed by atoms with van der Waals surface area (Å²) in [5, 5.41) is 14.7. The molecule has 4 aromatic carbocycles. The van der Waals surface area contributed by atoms with Crippen molar-refractivity contribution in [3.05, 3.63) is 129 Å². The summed E-state index contributed by atoms with van der Waals surface area (Å²) in [7, 11) is -3.07. The molecule has 2 amide bonds. The van der Waals surface area contributed by atoms with Gasteiger partial charge in [-0.3, -0.25) is 24.0 Å². The summed E-state index contributed by atoms with van der Waals surface area (Å²) in [5.74, 6) is -0.519. The zero-order valence-electron chi connectivity index (χ0n) is 28.2. The highest BCUT2D eigenvalue weighted by Crippen LogP contribution is 2.30. The first-order valence-corrected chi connectivity index (χ1v) is 17.5. The topological polar surface area (TPSA) is 139 Å². The van der Waals surface area contributed by atoms with Crippen LogP contribution in [0.2, 0.25) is 0 Å². The van der Waals surface area contributed by atoms with Gasteiger partial charge in [0.2, 0.25) is 11.8 Å². The molecule has 0 aliphatic heterocycles. The Balaban J connectivity index is 1.84. The number of carbonyl (C=O) groups excluding carboxylic acids is 2. The summed E-state index contributed by atoms with van der Waals surface area (Å²) in [6, 6.07) is 25.6. The van der Waals surface area contributed by atoms with E-state index in [9.17, 15) is 28.1 Å². The minimum atomic E-state index is -4.54. The molecule has 0 fully saturated rings. The summed E-state index contributed by atoms with van der Waals surface area (Å²) in [4.78, 5) is 40.7. The number of nitrogens with one attached hydrogen (secondary N) is 1. The van der Waals surface area contributed by atoms with Crippen molar-refractivity contribution in [2.45, 2.75) is 57.5 Å². The number of nitro groups is 1. The number of ether oxygens (including phenoxy) is 1. The zero-order chi connectivity index (χ0) is 35.6. The quantitative estimate of drug-likeness (QED) is 0.0870. The molecule has 0 unspecified atom stereocenters. The van der Waals surface area contributed by atoms with Crippen molar-refractivity contribution >= 4 is 33.2 Å². The lowest BCUT2D eigenvalue weighted by molar-refractivity contribution is -0.385. The van der Waals surface area contributed by atoms with Crippen molar-refractivity contribution in [1.82, 2.24) is 10.2 Å². The van der Waals surface area contributed by atoms with E-state index in [1.165, 1.54) is 43.2 Å². The maximum atomic E-state index is 14.6. The van der Waals surface area contributed by atoms with Crippen LogP contribution in [-0.4, -0.2) is 56.3 Å². The third-order valence-corrected chi connectivity index (χ3v) is 10.1. The summed E-state index contributed by atoms with van der Waals surface area (Å²) in [6.45, 7) is 5.21. The summed E-state index contributed by atoms with van der Waals surface area (Å²) >= 11 is 0. The van der Waals surface area contributed by atoms with Gasteiger partial charge in [0.1, 0.15) is 18.3 Å². The molecule has 11 nitrogen and oxygen atoms in total. The van der Waals surface area contributed by atoms with Gasteiger partial charge in [0, 0.05) is 31.1 Å². The molecule has 258 valence electrons. The molecular weight excluding hydrogens is 644 g/mol. The van der Waals surface area contributed by atoms with Crippen molar-refractivity contribution in [2.75, 3.05) is 24.5 Å². The van der Waals surface area contributed by atoms with Crippen molar-refractivity contribution in [2.24, 2.45) is 0 Å². The lowest BCUT2D eigenvalue weighted by Gasteiger charge is -2.34. The molecule has 0 saturated carbocycles. The molecule has 0 aliphatic rings. The second kappa shape index (κ2) is 16.7. The van der Waals surface area contributed by atoms with Crippen molar-refractivity contribution in [3.63, 3.8) is 0 Å². The number of hydrogen-bond donors (Lipinski definition) is 1. The molecule has 0 spiro atoms. The highest BCUT2D eigenvalue weighted by atomic mass is 32.2. The van der Waals surface area contributed by atoms with Crippen LogP contribution < -0.4 is 14.4 Å². The number of unbranched alkanes of at least 4 members (excludes halogenated alkanes) is 1. The number of hydrogen-bond acceptors (Lipinski definition) is 7. The van der Waals surface area contributed by atoms with Crippen LogP contribution in [-0.2, 0) is 32.6 Å². The molecule has 0 bridgehead atoms. The molecule has 12 heteroatoms. The number of nitrogens with zero attached hydrogens (tertiary/aromatic N) is 3. The van der Waals surface area contributed by atoms with Crippen LogP contribution in [0.3, 0.4) is 0 Å². The lowest BCUT2D eigenvalue weighted by atomic mass is 10.0. The van der Waals surface area contributed by atoms with Gasteiger partial charge >= 0.3 is 0 Å². The fourth-order valence-electron chi connectivity index (χ4n) is 5.38. The Labute approximate surface area is 287 Å². The van der Waals surface area contributed by atoms with Gasteiger partial charge in [-0.05, 0) is 67.3 Å². The van der Waals surface area contributed by atoms with Gasteiger partial charge in [-0.15, -0.1) is 0 Å². The Morgan fingerprint density at radius 1 is 0.918 bits per heavy atom. The van der Waals surface area contributed by atoms with Gasteiger partial charge in [-0.2, -0.15) is 0 Å². The van der Waals surface area contributed by atoms with E-state index in [2.05, 4.69) is 5.32 Å². The van der Waals surface area contributed by atoms with Crippen LogP contribution in [0.1, 0.15) is 42.0 Å². The van der Waals surface area contributed by atoms with Crippen LogP contribution in [0.15, 0.2) is 102 Å². The Bertz CT molecular complexity index is 1870. The summed E-state index contributed by atoms with van der Waals surface area (Å²) in [5.41, 5.74) is 2.58. The second-order valence-corrected chi connectivity index (χ2v) is 13.6. The molecule has 1 atom stereocenters. The molecular formula is C37H42N4O7S. The number of aryl methyl sites for hydroxylation is 2. The third-order valence-electron chi connectivity index (χ3n) is 8.31. The van der Waals surface area contributed by atoms with E-state index >= 15 is 0 Å². The van der Waals surface area contributed by atoms with Crippen LogP contribution in [0.5, 0.6) is 5.75 Å². The number of rotatable bonds is 16. The number of sulfonamides is 1. The van der Waals surface area contributed by atoms with Crippen molar-refractivity contribution in [3.8, 4) is 5.75 Å². The first kappa shape index (κ1) is 36.6. The Morgan fingerprint density at radius 3 is 2.22 bits per heavy atom. The first-order chi connectivity index (χ1) is 23.5. The maximum absolute atomic E-state index is 14.6. The van der Waals surface area contributed by atoms with E-state index in [1.807, 2.05) is 68.4 Å². The van der Waals surface area contributed by atoms with E-state index in [0.29, 0.717) is 17.9 Å². The minimum absolute atomic E-state index is 0.0384. The number of nitro benzene ring substituents is 1. The molecule has 0 heterocycles. The standard InChI is InChI=1S/C37H42N4O7S/c1-5-6-22-38-37(43)35(23-29-13-8-7-9-14-29)39(25-30-15-11-10-12-27(30)2)36(42)26-40(31-17-19-32(48-4)20-18-31)49(46,47)33-21-16-28(3)34(24-33)41(44)45/h7-21,24,35H,5-6,22-23,25-26H2,1-4H3,(H,38,43)/t35-/m1/s1. The van der Waals surface area contributed by atoms with Gasteiger partial charge in [0.15, 0.2) is 0 Å². The number of carbonyl (C=O) groups is 2. The molecule has 49 heavy (non-hydrogen) atoms. The van der Waals surface area contributed by atoms with Gasteiger partial charge in [0.25, 0.3) is 15.7 Å². The first-order valence-electron chi connectivity index (χ1n) is 16.0. The Kier molecular flexibility index (Phi) is 12.5. The molecule has 1 N–H and O–H groups in total. The Morgan fingerprint density at radius 2 is 1.59 bits per heavy atom. The highest BCUT2D eigenvalue weighted by molar-refractivity contribution is 7.92. The molecule has 0 saturated heterocycles. The monoisotopic (exact) mass is 686 g/mol. The lowest BCUT2D eigenvalue weighted by Crippen LogP contribution is -2.53. The van der Waals surface area contributed by atoms with Gasteiger partial charge in [-0.1, -0.05) is 74.0 Å². The number of anilines is 1. The summed E-state index contributed by atoms with van der Waals surface area (Å²) in [6.07, 6.45) is 1.80. The predicted octanol–water partition coefficient (Wildman–Crippen LogP) is 5.97. The van der Waals surface area contributed by atoms with Gasteiger partial charge in [-0.25, -0.2) is 8.42 Å². The number of amides is 2. The zero-order valence-corrected chi connectivity index (χ0v) is 29.0. The highest BCUT2D eigenvalue weighted by Gasteiger charge is 2.35. The maximum Gasteiger partial charge on any atom is 0.273 e. The fraction of sp³-hybridized carbons (Fsp3) is 0.297. The second-order valence-electron chi connectivity index (χ2n) is 11.7. The number of methoxy groups -OCH3 is 1. The predicted molar refractivity (Wildman–Crippen MR) is 189 cm³/mol. The van der Waals surface area contributed by atoms with Crippen LogP contribution >= 0.6 is 0 Å². The van der Waals surface area contributed by atoms with Gasteiger partial charge < -0.3 is 15.0 Å². The van der Waals surface area contributed by atoms with Crippen LogP contribution in [0.4, 0.5) is 11.4 Å². The van der Waals surface area contributed by atoms with Crippen LogP contribution in [0, 0.1) is 24.0 Å². The Hall–Kier alpha value is -5.23. The largest absolute Gasteiger partial charge is 0.497 e. The van der Waals surface area contributed by atoms with E-state index in [4.69, 9.17) is 4.74 Å². The minimum Gasteiger partial charge on any atom is -0.497 e. The van der Waals surface area contributed by atoms with E-state index < -0.39 is 33.4 Å². The van der Waals surface area contributed by atoms with E-state index in [0.717, 1.165) is 39.9 Å². The summed E-state index contributed by atoms with van der Waals surface area (Å²) < 4.78 is 34.9. The normalized spacial score (nSPS) is 11.8. The molecule has 4 aromatic rings. The molecule has 0 radical (unpaired) electrons. The molecule has 0 aliphatic carbocycles. The van der Waals surface area contributed by atoms with E-state index in [1.54, 1.807) is 12.1 Å². The smallest absolute Gasteiger partial charge is 0.273 e. The van der Waals surface area contributed by atoms with Crippen molar-refractivity contribution < 1.29 is 27.7 Å². The van der Waals surface area contributed by atoms with E-state index in [-0.39, 0.29) is 35.1 Å².